The molecule has 1 saturated heterocycles. The number of rotatable bonds is 5. The number of carbonyl (C=O) groups is 1. The quantitative estimate of drug-likeness (QED) is 0.811. The Morgan fingerprint density at radius 2 is 2.11 bits per heavy atom. The number of piperidine rings is 1. The van der Waals surface area contributed by atoms with Crippen molar-refractivity contribution >= 4 is 18.3 Å². The molecule has 0 bridgehead atoms. The van der Waals surface area contributed by atoms with Crippen molar-refractivity contribution in [2.75, 3.05) is 6.54 Å². The third-order valence-corrected chi connectivity index (χ3v) is 3.90. The first-order chi connectivity index (χ1) is 8.02. The van der Waals surface area contributed by atoms with E-state index in [1.807, 2.05) is 0 Å². The maximum Gasteiger partial charge on any atom is 0.220 e. The van der Waals surface area contributed by atoms with Crippen molar-refractivity contribution in [3.63, 3.8) is 0 Å². The van der Waals surface area contributed by atoms with E-state index in [4.69, 9.17) is 0 Å². The smallest absolute Gasteiger partial charge is 0.220 e. The van der Waals surface area contributed by atoms with Gasteiger partial charge in [-0.15, -0.1) is 12.4 Å². The van der Waals surface area contributed by atoms with Crippen LogP contribution in [0.25, 0.3) is 0 Å². The fourth-order valence-electron chi connectivity index (χ4n) is 2.64. The van der Waals surface area contributed by atoms with Gasteiger partial charge in [0.05, 0.1) is 0 Å². The molecule has 3 unspecified atom stereocenters. The molecular weight excluding hydrogens is 248 g/mol. The fraction of sp³-hybridized carbons (Fsp3) is 0.929. The summed E-state index contributed by atoms with van der Waals surface area (Å²) in [6, 6.07) is 0.907. The van der Waals surface area contributed by atoms with Gasteiger partial charge in [-0.2, -0.15) is 0 Å². The number of nitrogens with one attached hydrogen (secondary N) is 2. The number of amides is 1. The molecule has 1 amide bonds. The zero-order valence-corrected chi connectivity index (χ0v) is 13.0. The normalized spacial score (nSPS) is 25.4. The Morgan fingerprint density at radius 1 is 1.44 bits per heavy atom. The highest BCUT2D eigenvalue weighted by molar-refractivity contribution is 5.85. The predicted octanol–water partition coefficient (Wildman–Crippen LogP) is 2.74. The largest absolute Gasteiger partial charge is 0.353 e. The summed E-state index contributed by atoms with van der Waals surface area (Å²) < 4.78 is 0. The minimum absolute atomic E-state index is 0. The van der Waals surface area contributed by atoms with Gasteiger partial charge >= 0.3 is 0 Å². The average molecular weight is 277 g/mol. The van der Waals surface area contributed by atoms with Gasteiger partial charge in [0, 0.05) is 18.5 Å². The predicted molar refractivity (Wildman–Crippen MR) is 79.1 cm³/mol. The summed E-state index contributed by atoms with van der Waals surface area (Å²) in [6.45, 7) is 9.78. The standard InChI is InChI=1S/C14H28N2O.ClH/c1-5-12(10(2)3)9-14(17)16-13-6-7-15-11(4)8-13;/h10-13,15H,5-9H2,1-4H3,(H,16,17);1H. The Bertz CT molecular complexity index is 246. The molecule has 0 radical (unpaired) electrons. The lowest BCUT2D eigenvalue weighted by molar-refractivity contribution is -0.123. The number of hydrogen-bond donors (Lipinski definition) is 2. The van der Waals surface area contributed by atoms with Crippen LogP contribution in [0.4, 0.5) is 0 Å². The van der Waals surface area contributed by atoms with Gasteiger partial charge in [0.2, 0.25) is 5.91 Å². The fourth-order valence-corrected chi connectivity index (χ4v) is 2.64. The van der Waals surface area contributed by atoms with Crippen LogP contribution in [-0.2, 0) is 4.79 Å². The highest BCUT2D eigenvalue weighted by atomic mass is 35.5. The van der Waals surface area contributed by atoms with Crippen LogP contribution in [0.2, 0.25) is 0 Å². The summed E-state index contributed by atoms with van der Waals surface area (Å²) >= 11 is 0. The summed E-state index contributed by atoms with van der Waals surface area (Å²) in [6.07, 6.45) is 3.90. The molecule has 4 heteroatoms. The second kappa shape index (κ2) is 8.76. The summed E-state index contributed by atoms with van der Waals surface area (Å²) in [5.74, 6) is 1.36. The van der Waals surface area contributed by atoms with E-state index in [0.717, 1.165) is 25.8 Å². The van der Waals surface area contributed by atoms with Crippen LogP contribution in [0.15, 0.2) is 0 Å². The van der Waals surface area contributed by atoms with Crippen LogP contribution < -0.4 is 10.6 Å². The molecule has 1 aliphatic heterocycles. The first kappa shape index (κ1) is 17.7. The first-order valence-corrected chi connectivity index (χ1v) is 7.05. The van der Waals surface area contributed by atoms with Crippen molar-refractivity contribution < 1.29 is 4.79 Å². The van der Waals surface area contributed by atoms with Crippen LogP contribution >= 0.6 is 12.4 Å². The SMILES string of the molecule is CCC(CC(=O)NC1CCNC(C)C1)C(C)C.Cl. The third kappa shape index (κ3) is 6.05. The molecule has 1 heterocycles. The minimum atomic E-state index is 0. The summed E-state index contributed by atoms with van der Waals surface area (Å²) in [5.41, 5.74) is 0. The van der Waals surface area contributed by atoms with E-state index >= 15 is 0 Å². The van der Waals surface area contributed by atoms with E-state index in [1.54, 1.807) is 0 Å². The molecule has 1 rings (SSSR count). The Hall–Kier alpha value is -0.280. The highest BCUT2D eigenvalue weighted by Crippen LogP contribution is 2.19. The van der Waals surface area contributed by atoms with Crippen molar-refractivity contribution in [3.05, 3.63) is 0 Å². The average Bonchev–Trinajstić information content (AvgIpc) is 2.25. The molecule has 0 aromatic rings. The maximum atomic E-state index is 12.0. The molecule has 1 fully saturated rings. The minimum Gasteiger partial charge on any atom is -0.353 e. The molecule has 1 aliphatic rings. The molecule has 0 spiro atoms. The molecule has 2 N–H and O–H groups in total. The second-order valence-corrected chi connectivity index (χ2v) is 5.76. The van der Waals surface area contributed by atoms with Crippen LogP contribution in [0, 0.1) is 11.8 Å². The van der Waals surface area contributed by atoms with Crippen LogP contribution in [0.1, 0.15) is 53.4 Å². The first-order valence-electron chi connectivity index (χ1n) is 7.05. The van der Waals surface area contributed by atoms with Gasteiger partial charge in [-0.1, -0.05) is 27.2 Å². The molecule has 0 aromatic carbocycles. The van der Waals surface area contributed by atoms with E-state index in [1.165, 1.54) is 0 Å². The lowest BCUT2D eigenvalue weighted by Gasteiger charge is -2.29. The molecule has 18 heavy (non-hydrogen) atoms. The lowest BCUT2D eigenvalue weighted by atomic mass is 9.89. The van der Waals surface area contributed by atoms with Gasteiger partial charge in [0.15, 0.2) is 0 Å². The van der Waals surface area contributed by atoms with E-state index in [9.17, 15) is 4.79 Å². The van der Waals surface area contributed by atoms with Crippen LogP contribution in [0.3, 0.4) is 0 Å². The van der Waals surface area contributed by atoms with E-state index < -0.39 is 0 Å². The molecule has 0 aromatic heterocycles. The van der Waals surface area contributed by atoms with Crippen molar-refractivity contribution in [2.24, 2.45) is 11.8 Å². The van der Waals surface area contributed by atoms with Gasteiger partial charge in [-0.3, -0.25) is 4.79 Å². The second-order valence-electron chi connectivity index (χ2n) is 5.76. The van der Waals surface area contributed by atoms with Gasteiger partial charge in [-0.05, 0) is 38.1 Å². The highest BCUT2D eigenvalue weighted by Gasteiger charge is 2.22. The Labute approximate surface area is 118 Å². The summed E-state index contributed by atoms with van der Waals surface area (Å²) in [5, 5.41) is 6.59. The number of hydrogen-bond acceptors (Lipinski definition) is 2. The number of halogens is 1. The summed E-state index contributed by atoms with van der Waals surface area (Å²) in [4.78, 5) is 12.0. The van der Waals surface area contributed by atoms with Crippen molar-refractivity contribution in [3.8, 4) is 0 Å². The van der Waals surface area contributed by atoms with Gasteiger partial charge in [0.1, 0.15) is 0 Å². The zero-order valence-electron chi connectivity index (χ0n) is 12.2. The van der Waals surface area contributed by atoms with Crippen LogP contribution in [0.5, 0.6) is 0 Å². The number of carbonyl (C=O) groups excluding carboxylic acids is 1. The Kier molecular flexibility index (Phi) is 8.62. The maximum absolute atomic E-state index is 12.0. The molecule has 0 saturated carbocycles. The van der Waals surface area contributed by atoms with Crippen molar-refractivity contribution in [1.82, 2.24) is 10.6 Å². The van der Waals surface area contributed by atoms with E-state index in [0.29, 0.717) is 30.3 Å². The van der Waals surface area contributed by atoms with Gasteiger partial charge in [-0.25, -0.2) is 0 Å². The molecule has 108 valence electrons. The van der Waals surface area contributed by atoms with E-state index in [-0.39, 0.29) is 18.3 Å². The van der Waals surface area contributed by atoms with Gasteiger partial charge < -0.3 is 10.6 Å². The molecular formula is C14H29ClN2O. The monoisotopic (exact) mass is 276 g/mol. The Balaban J connectivity index is 0.00000289. The van der Waals surface area contributed by atoms with Crippen LogP contribution in [-0.4, -0.2) is 24.5 Å². The topological polar surface area (TPSA) is 41.1 Å². The Morgan fingerprint density at radius 3 is 2.61 bits per heavy atom. The lowest BCUT2D eigenvalue weighted by Crippen LogP contribution is -2.46. The summed E-state index contributed by atoms with van der Waals surface area (Å²) in [7, 11) is 0. The molecule has 0 aliphatic carbocycles. The molecule has 3 atom stereocenters. The third-order valence-electron chi connectivity index (χ3n) is 3.90. The van der Waals surface area contributed by atoms with Crippen molar-refractivity contribution in [1.29, 1.82) is 0 Å². The molecule has 3 nitrogen and oxygen atoms in total. The van der Waals surface area contributed by atoms with Crippen molar-refractivity contribution in [2.45, 2.75) is 65.5 Å². The van der Waals surface area contributed by atoms with Gasteiger partial charge in [0.25, 0.3) is 0 Å². The van der Waals surface area contributed by atoms with E-state index in [2.05, 4.69) is 38.3 Å². The zero-order chi connectivity index (χ0) is 12.8.